The molecule has 0 saturated carbocycles. The van der Waals surface area contributed by atoms with Crippen LogP contribution in [0.25, 0.3) is 0 Å². The highest BCUT2D eigenvalue weighted by Gasteiger charge is 2.50. The van der Waals surface area contributed by atoms with Crippen molar-refractivity contribution in [3.8, 4) is 0 Å². The SMILES string of the molecule is CCOP(=O)(OCC)C(Cc1ccc(CCC=C(C)C)cc1)P(=O)(OCC)OCC. The van der Waals surface area contributed by atoms with E-state index in [1.165, 1.54) is 11.1 Å². The molecular formula is C22H38O6P2. The van der Waals surface area contributed by atoms with Gasteiger partial charge in [0.2, 0.25) is 0 Å². The van der Waals surface area contributed by atoms with Crippen molar-refractivity contribution < 1.29 is 27.2 Å². The van der Waals surface area contributed by atoms with Crippen molar-refractivity contribution in [1.29, 1.82) is 0 Å². The molecule has 1 aromatic carbocycles. The Kier molecular flexibility index (Phi) is 12.4. The third-order valence-corrected chi connectivity index (χ3v) is 10.4. The molecule has 0 N–H and O–H groups in total. The van der Waals surface area contributed by atoms with Gasteiger partial charge < -0.3 is 18.1 Å². The molecule has 30 heavy (non-hydrogen) atoms. The summed E-state index contributed by atoms with van der Waals surface area (Å²) in [5.41, 5.74) is 3.40. The molecule has 6 nitrogen and oxygen atoms in total. The molecule has 0 aliphatic heterocycles. The lowest BCUT2D eigenvalue weighted by Gasteiger charge is -2.31. The predicted molar refractivity (Wildman–Crippen MR) is 123 cm³/mol. The quantitative estimate of drug-likeness (QED) is 0.208. The van der Waals surface area contributed by atoms with E-state index < -0.39 is 20.6 Å². The van der Waals surface area contributed by atoms with Gasteiger partial charge in [0, 0.05) is 0 Å². The van der Waals surface area contributed by atoms with Crippen LogP contribution < -0.4 is 0 Å². The summed E-state index contributed by atoms with van der Waals surface area (Å²) in [6.45, 7) is 11.8. The minimum absolute atomic E-state index is 0.176. The first-order chi connectivity index (χ1) is 14.2. The number of benzene rings is 1. The van der Waals surface area contributed by atoms with E-state index in [2.05, 4.69) is 19.9 Å². The Morgan fingerprint density at radius 3 is 1.57 bits per heavy atom. The predicted octanol–water partition coefficient (Wildman–Crippen LogP) is 6.99. The van der Waals surface area contributed by atoms with E-state index in [1.807, 2.05) is 24.3 Å². The standard InChI is InChI=1S/C22H38O6P2/c1-7-25-29(23,26-8-2)22(30(24,27-9-3)28-10-4)18-21-16-14-20(15-17-21)13-11-12-19(5)6/h12,14-17,22H,7-11,13,18H2,1-6H3. The molecule has 1 rings (SSSR count). The van der Waals surface area contributed by atoms with Gasteiger partial charge in [0.05, 0.1) is 26.4 Å². The Balaban J connectivity index is 3.20. The lowest BCUT2D eigenvalue weighted by Crippen LogP contribution is -2.20. The summed E-state index contributed by atoms with van der Waals surface area (Å²) in [5, 5.41) is -1.03. The number of allylic oxidation sites excluding steroid dienone is 2. The monoisotopic (exact) mass is 460 g/mol. The van der Waals surface area contributed by atoms with Crippen LogP contribution in [0.4, 0.5) is 0 Å². The Morgan fingerprint density at radius 1 is 0.800 bits per heavy atom. The van der Waals surface area contributed by atoms with Crippen molar-refractivity contribution >= 4 is 15.2 Å². The maximum Gasteiger partial charge on any atom is 0.346 e. The maximum atomic E-state index is 13.6. The number of aryl methyl sites for hydroxylation is 1. The van der Waals surface area contributed by atoms with Gasteiger partial charge in [0.25, 0.3) is 0 Å². The molecular weight excluding hydrogens is 422 g/mol. The van der Waals surface area contributed by atoms with Gasteiger partial charge >= 0.3 is 15.2 Å². The van der Waals surface area contributed by atoms with Crippen molar-refractivity contribution in [2.45, 2.75) is 66.2 Å². The topological polar surface area (TPSA) is 71.1 Å². The van der Waals surface area contributed by atoms with Gasteiger partial charge in [-0.25, -0.2) is 0 Å². The van der Waals surface area contributed by atoms with E-state index in [0.717, 1.165) is 18.4 Å². The number of hydrogen-bond donors (Lipinski definition) is 0. The van der Waals surface area contributed by atoms with Gasteiger partial charge in [0.15, 0.2) is 5.40 Å². The lowest BCUT2D eigenvalue weighted by molar-refractivity contribution is 0.195. The van der Waals surface area contributed by atoms with E-state index in [4.69, 9.17) is 18.1 Å². The summed E-state index contributed by atoms with van der Waals surface area (Å²) in [5.74, 6) is 0. The van der Waals surface area contributed by atoms with Crippen molar-refractivity contribution in [2.24, 2.45) is 0 Å². The first-order valence-electron chi connectivity index (χ1n) is 10.7. The fourth-order valence-electron chi connectivity index (χ4n) is 3.12. The molecule has 0 bridgehead atoms. The number of rotatable bonds is 15. The fourth-order valence-corrected chi connectivity index (χ4v) is 8.45. The van der Waals surface area contributed by atoms with Crippen LogP contribution in [0.15, 0.2) is 35.9 Å². The highest BCUT2D eigenvalue weighted by Crippen LogP contribution is 2.71. The zero-order valence-corrected chi connectivity index (χ0v) is 21.0. The molecule has 0 unspecified atom stereocenters. The minimum Gasteiger partial charge on any atom is -0.308 e. The smallest absolute Gasteiger partial charge is 0.308 e. The summed E-state index contributed by atoms with van der Waals surface area (Å²) in [7, 11) is -7.47. The summed E-state index contributed by atoms with van der Waals surface area (Å²) in [6, 6.07) is 8.03. The largest absolute Gasteiger partial charge is 0.346 e. The summed E-state index contributed by atoms with van der Waals surface area (Å²) >= 11 is 0. The van der Waals surface area contributed by atoms with Gasteiger partial charge in [-0.05, 0) is 71.9 Å². The second-order valence-corrected chi connectivity index (χ2v) is 11.9. The highest BCUT2D eigenvalue weighted by molar-refractivity contribution is 7.72. The zero-order chi connectivity index (χ0) is 22.6. The average molecular weight is 460 g/mol. The van der Waals surface area contributed by atoms with Crippen LogP contribution in [0.1, 0.15) is 59.1 Å². The van der Waals surface area contributed by atoms with Crippen LogP contribution in [0, 0.1) is 0 Å². The molecule has 0 aliphatic rings. The zero-order valence-electron chi connectivity index (χ0n) is 19.3. The first kappa shape index (κ1) is 27.3. The lowest BCUT2D eigenvalue weighted by atomic mass is 10.1. The average Bonchev–Trinajstić information content (AvgIpc) is 2.67. The summed E-state index contributed by atoms with van der Waals surface area (Å²) in [6.07, 6.45) is 4.35. The van der Waals surface area contributed by atoms with Gasteiger partial charge in [0.1, 0.15) is 0 Å². The van der Waals surface area contributed by atoms with E-state index in [1.54, 1.807) is 27.7 Å². The summed E-state index contributed by atoms with van der Waals surface area (Å²) in [4.78, 5) is 0. The van der Waals surface area contributed by atoms with Crippen molar-refractivity contribution in [3.63, 3.8) is 0 Å². The minimum atomic E-state index is -3.74. The van der Waals surface area contributed by atoms with Gasteiger partial charge in [-0.15, -0.1) is 0 Å². The van der Waals surface area contributed by atoms with Crippen LogP contribution in [0.2, 0.25) is 0 Å². The molecule has 172 valence electrons. The molecule has 8 heteroatoms. The third-order valence-electron chi connectivity index (χ3n) is 4.39. The van der Waals surface area contributed by atoms with E-state index >= 15 is 0 Å². The van der Waals surface area contributed by atoms with Crippen LogP contribution in [0.5, 0.6) is 0 Å². The third kappa shape index (κ3) is 8.42. The second kappa shape index (κ2) is 13.6. The Bertz CT molecular complexity index is 690. The highest BCUT2D eigenvalue weighted by atomic mass is 31.2. The van der Waals surface area contributed by atoms with Crippen molar-refractivity contribution in [3.05, 3.63) is 47.0 Å². The fraction of sp³-hybridized carbons (Fsp3) is 0.636. The summed E-state index contributed by atoms with van der Waals surface area (Å²) < 4.78 is 49.4. The van der Waals surface area contributed by atoms with Crippen LogP contribution in [-0.2, 0) is 40.1 Å². The van der Waals surface area contributed by atoms with Gasteiger partial charge in [-0.3, -0.25) is 9.13 Å². The van der Waals surface area contributed by atoms with Gasteiger partial charge in [-0.2, -0.15) is 0 Å². The molecule has 0 fully saturated rings. The normalized spacial score (nSPS) is 12.4. The van der Waals surface area contributed by atoms with E-state index in [-0.39, 0.29) is 32.8 Å². The molecule has 0 radical (unpaired) electrons. The van der Waals surface area contributed by atoms with E-state index in [0.29, 0.717) is 0 Å². The molecule has 0 amide bonds. The molecule has 0 aliphatic carbocycles. The number of hydrogen-bond acceptors (Lipinski definition) is 6. The molecule has 0 saturated heterocycles. The molecule has 0 aromatic heterocycles. The second-order valence-electron chi connectivity index (χ2n) is 7.07. The Labute approximate surface area is 182 Å². The van der Waals surface area contributed by atoms with Crippen molar-refractivity contribution in [2.75, 3.05) is 26.4 Å². The molecule has 0 atom stereocenters. The molecule has 0 spiro atoms. The van der Waals surface area contributed by atoms with E-state index in [9.17, 15) is 9.13 Å². The van der Waals surface area contributed by atoms with Gasteiger partial charge in [-0.1, -0.05) is 35.9 Å². The van der Waals surface area contributed by atoms with Crippen molar-refractivity contribution in [1.82, 2.24) is 0 Å². The maximum absolute atomic E-state index is 13.6. The van der Waals surface area contributed by atoms with Crippen LogP contribution >= 0.6 is 15.2 Å². The Morgan fingerprint density at radius 2 is 1.20 bits per heavy atom. The van der Waals surface area contributed by atoms with Crippen LogP contribution in [-0.4, -0.2) is 31.8 Å². The Hall–Kier alpha value is -0.740. The van der Waals surface area contributed by atoms with Crippen LogP contribution in [0.3, 0.4) is 0 Å². The molecule has 0 heterocycles. The first-order valence-corrected chi connectivity index (χ1v) is 14.0. The molecule has 1 aromatic rings.